The van der Waals surface area contributed by atoms with Crippen molar-refractivity contribution >= 4 is 34.7 Å². The molecule has 3 rings (SSSR count). The first-order valence-corrected chi connectivity index (χ1v) is 10.0. The summed E-state index contributed by atoms with van der Waals surface area (Å²) in [7, 11) is 1.82. The van der Waals surface area contributed by atoms with Gasteiger partial charge in [0.25, 0.3) is 0 Å². The lowest BCUT2D eigenvalue weighted by atomic mass is 10.2. The van der Waals surface area contributed by atoms with E-state index in [9.17, 15) is 0 Å². The molecule has 0 unspecified atom stereocenters. The third kappa shape index (κ3) is 4.60. The Morgan fingerprint density at radius 1 is 1.36 bits per heavy atom. The summed E-state index contributed by atoms with van der Waals surface area (Å²) in [5.74, 6) is 1.75. The van der Waals surface area contributed by atoms with Gasteiger partial charge in [0.2, 0.25) is 0 Å². The molecule has 0 bridgehead atoms. The minimum atomic E-state index is 0.613. The average Bonchev–Trinajstić information content (AvgIpc) is 3.26. The van der Waals surface area contributed by atoms with E-state index in [1.165, 1.54) is 0 Å². The summed E-state index contributed by atoms with van der Waals surface area (Å²) in [5, 5.41) is 21.7. The van der Waals surface area contributed by atoms with Crippen molar-refractivity contribution in [1.29, 1.82) is 0 Å². The first kappa shape index (κ1) is 18.4. The minimum absolute atomic E-state index is 0.613. The van der Waals surface area contributed by atoms with Crippen LogP contribution in [-0.4, -0.2) is 37.4 Å². The van der Waals surface area contributed by atoms with Crippen LogP contribution in [0.2, 0.25) is 5.15 Å². The zero-order chi connectivity index (χ0) is 17.8. The number of hydrogen-bond donors (Lipinski definition) is 1. The maximum absolute atomic E-state index is 6.38. The van der Waals surface area contributed by atoms with Gasteiger partial charge in [0.05, 0.1) is 0 Å². The zero-order valence-corrected chi connectivity index (χ0v) is 16.6. The molecule has 0 aromatic carbocycles. The van der Waals surface area contributed by atoms with Gasteiger partial charge < -0.3 is 9.84 Å². The molecule has 134 valence electrons. The van der Waals surface area contributed by atoms with Crippen molar-refractivity contribution < 1.29 is 4.52 Å². The highest BCUT2D eigenvalue weighted by molar-refractivity contribution is 8.01. The van der Waals surface area contributed by atoms with Crippen LogP contribution < -0.4 is 5.32 Å². The third-order valence-corrected chi connectivity index (χ3v) is 6.00. The standard InChI is InChI=1S/C15H19ClN6OS2/c1-9-7-12(21-23-9)13-11(14(16)22(3)20-13)8-17-5-4-6-24-15-19-18-10(2)25-15/h7,17H,4-6,8H2,1-3H3. The first-order chi connectivity index (χ1) is 12.0. The summed E-state index contributed by atoms with van der Waals surface area (Å²) in [6, 6.07) is 1.86. The molecule has 0 aliphatic carbocycles. The third-order valence-electron chi connectivity index (χ3n) is 3.47. The molecule has 1 N–H and O–H groups in total. The summed E-state index contributed by atoms with van der Waals surface area (Å²) in [4.78, 5) is 0. The number of thioether (sulfide) groups is 1. The van der Waals surface area contributed by atoms with Crippen LogP contribution in [0.1, 0.15) is 22.8 Å². The molecule has 7 nitrogen and oxygen atoms in total. The number of nitrogens with zero attached hydrogens (tertiary/aromatic N) is 5. The lowest BCUT2D eigenvalue weighted by Crippen LogP contribution is -2.15. The Morgan fingerprint density at radius 3 is 2.88 bits per heavy atom. The molecular formula is C15H19ClN6OS2. The molecule has 0 saturated carbocycles. The quantitative estimate of drug-likeness (QED) is 0.459. The number of hydrogen-bond acceptors (Lipinski definition) is 8. The van der Waals surface area contributed by atoms with Crippen LogP contribution in [0.25, 0.3) is 11.4 Å². The summed E-state index contributed by atoms with van der Waals surface area (Å²) < 4.78 is 7.83. The summed E-state index contributed by atoms with van der Waals surface area (Å²) >= 11 is 9.75. The number of aryl methyl sites for hydroxylation is 3. The van der Waals surface area contributed by atoms with E-state index in [0.717, 1.165) is 45.1 Å². The largest absolute Gasteiger partial charge is 0.361 e. The van der Waals surface area contributed by atoms with Crippen molar-refractivity contribution in [2.75, 3.05) is 12.3 Å². The molecule has 25 heavy (non-hydrogen) atoms. The van der Waals surface area contributed by atoms with E-state index in [4.69, 9.17) is 16.1 Å². The van der Waals surface area contributed by atoms with Crippen molar-refractivity contribution in [3.05, 3.63) is 27.6 Å². The van der Waals surface area contributed by atoms with Gasteiger partial charge in [0, 0.05) is 31.0 Å². The monoisotopic (exact) mass is 398 g/mol. The Labute approximate surface area is 159 Å². The second-order valence-electron chi connectivity index (χ2n) is 5.53. The van der Waals surface area contributed by atoms with E-state index in [2.05, 4.69) is 25.8 Å². The molecular weight excluding hydrogens is 380 g/mol. The summed E-state index contributed by atoms with van der Waals surface area (Å²) in [6.07, 6.45) is 1.03. The van der Waals surface area contributed by atoms with E-state index in [1.807, 2.05) is 27.0 Å². The Morgan fingerprint density at radius 2 is 2.20 bits per heavy atom. The molecule has 3 heterocycles. The maximum Gasteiger partial charge on any atom is 0.174 e. The van der Waals surface area contributed by atoms with Gasteiger partial charge in [-0.25, -0.2) is 0 Å². The Hall–Kier alpha value is -1.42. The number of halogens is 1. The molecule has 0 atom stereocenters. The van der Waals surface area contributed by atoms with Gasteiger partial charge in [0.15, 0.2) is 4.34 Å². The van der Waals surface area contributed by atoms with E-state index >= 15 is 0 Å². The highest BCUT2D eigenvalue weighted by Crippen LogP contribution is 2.28. The summed E-state index contributed by atoms with van der Waals surface area (Å²) in [6.45, 7) is 5.34. The van der Waals surface area contributed by atoms with Gasteiger partial charge in [-0.2, -0.15) is 5.10 Å². The van der Waals surface area contributed by atoms with Crippen molar-refractivity contribution in [1.82, 2.24) is 30.5 Å². The van der Waals surface area contributed by atoms with Crippen molar-refractivity contribution in [3.8, 4) is 11.4 Å². The zero-order valence-electron chi connectivity index (χ0n) is 14.2. The van der Waals surface area contributed by atoms with E-state index in [-0.39, 0.29) is 0 Å². The van der Waals surface area contributed by atoms with Crippen LogP contribution in [0, 0.1) is 13.8 Å². The van der Waals surface area contributed by atoms with Gasteiger partial charge in [-0.3, -0.25) is 4.68 Å². The van der Waals surface area contributed by atoms with Gasteiger partial charge >= 0.3 is 0 Å². The smallest absolute Gasteiger partial charge is 0.174 e. The van der Waals surface area contributed by atoms with Crippen LogP contribution in [-0.2, 0) is 13.6 Å². The van der Waals surface area contributed by atoms with Crippen molar-refractivity contribution in [2.24, 2.45) is 7.05 Å². The lowest BCUT2D eigenvalue weighted by Gasteiger charge is -2.04. The topological polar surface area (TPSA) is 81.7 Å². The number of rotatable bonds is 8. The fourth-order valence-electron chi connectivity index (χ4n) is 2.29. The minimum Gasteiger partial charge on any atom is -0.361 e. The molecule has 10 heteroatoms. The molecule has 0 spiro atoms. The Bertz CT molecular complexity index is 843. The fourth-order valence-corrected chi connectivity index (χ4v) is 4.31. The molecule has 0 saturated heterocycles. The predicted octanol–water partition coefficient (Wildman–Crippen LogP) is 3.47. The van der Waals surface area contributed by atoms with Crippen LogP contribution in [0.5, 0.6) is 0 Å². The van der Waals surface area contributed by atoms with E-state index in [1.54, 1.807) is 27.8 Å². The van der Waals surface area contributed by atoms with Gasteiger partial charge in [-0.15, -0.1) is 10.2 Å². The van der Waals surface area contributed by atoms with Crippen molar-refractivity contribution in [2.45, 2.75) is 31.2 Å². The van der Waals surface area contributed by atoms with Crippen LogP contribution in [0.4, 0.5) is 0 Å². The van der Waals surface area contributed by atoms with E-state index in [0.29, 0.717) is 17.4 Å². The fraction of sp³-hybridized carbons (Fsp3) is 0.467. The molecule has 3 aromatic heterocycles. The molecule has 0 aliphatic heterocycles. The normalized spacial score (nSPS) is 11.4. The van der Waals surface area contributed by atoms with Gasteiger partial charge in [-0.1, -0.05) is 39.9 Å². The van der Waals surface area contributed by atoms with Gasteiger partial charge in [0.1, 0.15) is 27.3 Å². The second-order valence-corrected chi connectivity index (χ2v) is 8.41. The van der Waals surface area contributed by atoms with E-state index < -0.39 is 0 Å². The first-order valence-electron chi connectivity index (χ1n) is 7.83. The molecule has 0 fully saturated rings. The molecule has 0 radical (unpaired) electrons. The average molecular weight is 399 g/mol. The van der Waals surface area contributed by atoms with Gasteiger partial charge in [-0.05, 0) is 26.8 Å². The van der Waals surface area contributed by atoms with Crippen LogP contribution >= 0.6 is 34.7 Å². The van der Waals surface area contributed by atoms with Crippen LogP contribution in [0.3, 0.4) is 0 Å². The lowest BCUT2D eigenvalue weighted by molar-refractivity contribution is 0.399. The predicted molar refractivity (Wildman–Crippen MR) is 100 cm³/mol. The Kier molecular flexibility index (Phi) is 6.10. The highest BCUT2D eigenvalue weighted by Gasteiger charge is 2.18. The molecule has 0 aliphatic rings. The maximum atomic E-state index is 6.38. The second kappa shape index (κ2) is 8.31. The number of nitrogens with one attached hydrogen (secondary N) is 1. The highest BCUT2D eigenvalue weighted by atomic mass is 35.5. The molecule has 3 aromatic rings. The van der Waals surface area contributed by atoms with Crippen molar-refractivity contribution in [3.63, 3.8) is 0 Å². The molecule has 0 amide bonds. The number of aromatic nitrogens is 5. The SMILES string of the molecule is Cc1cc(-c2nn(C)c(Cl)c2CNCCCSc2nnc(C)s2)no1. The Balaban J connectivity index is 1.51. The summed E-state index contributed by atoms with van der Waals surface area (Å²) in [5.41, 5.74) is 2.40. The van der Waals surface area contributed by atoms with Crippen LogP contribution in [0.15, 0.2) is 14.9 Å².